The van der Waals surface area contributed by atoms with E-state index < -0.39 is 0 Å². The van der Waals surface area contributed by atoms with Crippen molar-refractivity contribution < 1.29 is 5.11 Å². The first kappa shape index (κ1) is 9.40. The summed E-state index contributed by atoms with van der Waals surface area (Å²) in [4.78, 5) is 2.22. The zero-order valence-electron chi connectivity index (χ0n) is 8.13. The number of rotatable bonds is 2. The van der Waals surface area contributed by atoms with E-state index in [2.05, 4.69) is 15.1 Å². The summed E-state index contributed by atoms with van der Waals surface area (Å²) in [5, 5.41) is 16.9. The summed E-state index contributed by atoms with van der Waals surface area (Å²) in [6, 6.07) is 3.88. The molecule has 1 aromatic heterocycles. The molecule has 0 spiro atoms. The average Bonchev–Trinajstić information content (AvgIpc) is 2.30. The van der Waals surface area contributed by atoms with Crippen LogP contribution in [0.2, 0.25) is 0 Å². The van der Waals surface area contributed by atoms with Crippen LogP contribution in [-0.4, -0.2) is 35.0 Å². The molecule has 14 heavy (non-hydrogen) atoms. The Kier molecular flexibility index (Phi) is 2.93. The maximum absolute atomic E-state index is 9.00. The maximum atomic E-state index is 9.00. The molecule has 0 aliphatic carbocycles. The normalized spacial score (nSPS) is 18.5. The van der Waals surface area contributed by atoms with E-state index in [4.69, 9.17) is 5.11 Å². The van der Waals surface area contributed by atoms with Gasteiger partial charge in [0.2, 0.25) is 0 Å². The van der Waals surface area contributed by atoms with E-state index in [0.717, 1.165) is 31.7 Å². The number of piperidine rings is 1. The van der Waals surface area contributed by atoms with Crippen LogP contribution in [0.25, 0.3) is 0 Å². The Labute approximate surface area is 83.6 Å². The van der Waals surface area contributed by atoms with E-state index in [0.29, 0.717) is 12.5 Å². The summed E-state index contributed by atoms with van der Waals surface area (Å²) in [6.45, 7) is 2.27. The highest BCUT2D eigenvalue weighted by Crippen LogP contribution is 2.20. The zero-order chi connectivity index (χ0) is 9.80. The van der Waals surface area contributed by atoms with Crippen molar-refractivity contribution in [2.75, 3.05) is 24.6 Å². The highest BCUT2D eigenvalue weighted by atomic mass is 16.3. The molecule has 0 radical (unpaired) electrons. The molecule has 4 heteroatoms. The van der Waals surface area contributed by atoms with E-state index >= 15 is 0 Å². The molecule has 2 heterocycles. The molecule has 0 atom stereocenters. The fourth-order valence-corrected chi connectivity index (χ4v) is 1.81. The van der Waals surface area contributed by atoms with Crippen LogP contribution in [0.3, 0.4) is 0 Å². The van der Waals surface area contributed by atoms with Crippen molar-refractivity contribution in [3.05, 3.63) is 18.3 Å². The molecular formula is C10H15N3O. The van der Waals surface area contributed by atoms with Gasteiger partial charge >= 0.3 is 0 Å². The first-order valence-electron chi connectivity index (χ1n) is 5.03. The minimum Gasteiger partial charge on any atom is -0.396 e. The molecule has 0 bridgehead atoms. The van der Waals surface area contributed by atoms with Gasteiger partial charge in [0, 0.05) is 25.9 Å². The molecule has 4 nitrogen and oxygen atoms in total. The lowest BCUT2D eigenvalue weighted by Crippen LogP contribution is -2.35. The fourth-order valence-electron chi connectivity index (χ4n) is 1.81. The Morgan fingerprint density at radius 3 is 2.79 bits per heavy atom. The molecule has 0 saturated carbocycles. The first-order valence-corrected chi connectivity index (χ1v) is 5.03. The van der Waals surface area contributed by atoms with Gasteiger partial charge in [0.1, 0.15) is 0 Å². The average molecular weight is 193 g/mol. The minimum absolute atomic E-state index is 0.314. The lowest BCUT2D eigenvalue weighted by molar-refractivity contribution is 0.202. The predicted molar refractivity (Wildman–Crippen MR) is 54.1 cm³/mol. The van der Waals surface area contributed by atoms with Crippen molar-refractivity contribution in [2.45, 2.75) is 12.8 Å². The van der Waals surface area contributed by atoms with Gasteiger partial charge in [0.15, 0.2) is 5.82 Å². The Balaban J connectivity index is 1.96. The lowest BCUT2D eigenvalue weighted by Gasteiger charge is -2.31. The third-order valence-electron chi connectivity index (χ3n) is 2.75. The van der Waals surface area contributed by atoms with Gasteiger partial charge in [-0.1, -0.05) is 0 Å². The maximum Gasteiger partial charge on any atom is 0.151 e. The van der Waals surface area contributed by atoms with Crippen LogP contribution in [0.15, 0.2) is 18.3 Å². The number of hydrogen-bond acceptors (Lipinski definition) is 4. The zero-order valence-corrected chi connectivity index (χ0v) is 8.13. The molecule has 1 aliphatic rings. The molecule has 1 saturated heterocycles. The second-order valence-corrected chi connectivity index (χ2v) is 3.69. The number of aliphatic hydroxyl groups excluding tert-OH is 1. The van der Waals surface area contributed by atoms with Gasteiger partial charge < -0.3 is 10.0 Å². The van der Waals surface area contributed by atoms with Gasteiger partial charge in [-0.15, -0.1) is 5.10 Å². The van der Waals surface area contributed by atoms with Gasteiger partial charge in [-0.3, -0.25) is 0 Å². The quantitative estimate of drug-likeness (QED) is 0.750. The van der Waals surface area contributed by atoms with E-state index in [9.17, 15) is 0 Å². The molecule has 1 fully saturated rings. The van der Waals surface area contributed by atoms with Crippen molar-refractivity contribution in [2.24, 2.45) is 5.92 Å². The van der Waals surface area contributed by atoms with Crippen LogP contribution in [-0.2, 0) is 0 Å². The molecule has 1 aromatic rings. The number of aliphatic hydroxyl groups is 1. The molecule has 1 N–H and O–H groups in total. The van der Waals surface area contributed by atoms with E-state index in [1.54, 1.807) is 6.20 Å². The van der Waals surface area contributed by atoms with Crippen LogP contribution in [0.4, 0.5) is 5.82 Å². The second-order valence-electron chi connectivity index (χ2n) is 3.69. The molecule has 0 aromatic carbocycles. The summed E-state index contributed by atoms with van der Waals surface area (Å²) in [6.07, 6.45) is 3.78. The molecule has 0 unspecified atom stereocenters. The van der Waals surface area contributed by atoms with Gasteiger partial charge in [-0.25, -0.2) is 0 Å². The van der Waals surface area contributed by atoms with Crippen LogP contribution in [0.5, 0.6) is 0 Å². The Morgan fingerprint density at radius 1 is 1.43 bits per heavy atom. The van der Waals surface area contributed by atoms with Crippen LogP contribution in [0, 0.1) is 5.92 Å². The fraction of sp³-hybridized carbons (Fsp3) is 0.600. The third-order valence-corrected chi connectivity index (χ3v) is 2.75. The largest absolute Gasteiger partial charge is 0.396 e. The molecule has 2 rings (SSSR count). The highest BCUT2D eigenvalue weighted by molar-refractivity contribution is 5.36. The van der Waals surface area contributed by atoms with Crippen LogP contribution in [0.1, 0.15) is 12.8 Å². The van der Waals surface area contributed by atoms with Crippen molar-refractivity contribution in [3.8, 4) is 0 Å². The van der Waals surface area contributed by atoms with Gasteiger partial charge in [0.25, 0.3) is 0 Å². The van der Waals surface area contributed by atoms with E-state index in [-0.39, 0.29) is 0 Å². The standard InChI is InChI=1S/C10H15N3O/c14-8-9-3-6-13(7-4-9)10-2-1-5-11-12-10/h1-2,5,9,14H,3-4,6-8H2. The smallest absolute Gasteiger partial charge is 0.151 e. The SMILES string of the molecule is OCC1CCN(c2cccnn2)CC1. The summed E-state index contributed by atoms with van der Waals surface area (Å²) in [5.41, 5.74) is 0. The topological polar surface area (TPSA) is 49.2 Å². The minimum atomic E-state index is 0.314. The van der Waals surface area contributed by atoms with E-state index in [1.807, 2.05) is 12.1 Å². The van der Waals surface area contributed by atoms with Crippen molar-refractivity contribution >= 4 is 5.82 Å². The van der Waals surface area contributed by atoms with Gasteiger partial charge in [-0.05, 0) is 30.9 Å². The molecule has 76 valence electrons. The summed E-state index contributed by atoms with van der Waals surface area (Å²) in [5.74, 6) is 1.42. The predicted octanol–water partition coefficient (Wildman–Crippen LogP) is 0.685. The highest BCUT2D eigenvalue weighted by Gasteiger charge is 2.19. The Bertz CT molecular complexity index is 270. The summed E-state index contributed by atoms with van der Waals surface area (Å²) < 4.78 is 0. The van der Waals surface area contributed by atoms with Gasteiger partial charge in [-0.2, -0.15) is 5.10 Å². The van der Waals surface area contributed by atoms with Crippen LogP contribution < -0.4 is 4.90 Å². The number of nitrogens with zero attached hydrogens (tertiary/aromatic N) is 3. The first-order chi connectivity index (χ1) is 6.90. The second kappa shape index (κ2) is 4.37. The van der Waals surface area contributed by atoms with Gasteiger partial charge in [0.05, 0.1) is 0 Å². The van der Waals surface area contributed by atoms with Crippen molar-refractivity contribution in [1.29, 1.82) is 0 Å². The van der Waals surface area contributed by atoms with Crippen LogP contribution >= 0.6 is 0 Å². The third kappa shape index (κ3) is 2.01. The molecular weight excluding hydrogens is 178 g/mol. The Morgan fingerprint density at radius 2 is 2.21 bits per heavy atom. The monoisotopic (exact) mass is 193 g/mol. The summed E-state index contributed by atoms with van der Waals surface area (Å²) >= 11 is 0. The number of anilines is 1. The van der Waals surface area contributed by atoms with Crippen molar-refractivity contribution in [1.82, 2.24) is 10.2 Å². The number of hydrogen-bond donors (Lipinski definition) is 1. The lowest BCUT2D eigenvalue weighted by atomic mass is 9.98. The Hall–Kier alpha value is -1.16. The molecule has 0 amide bonds. The molecule has 1 aliphatic heterocycles. The van der Waals surface area contributed by atoms with E-state index in [1.165, 1.54) is 0 Å². The summed E-state index contributed by atoms with van der Waals surface area (Å²) in [7, 11) is 0. The number of aromatic nitrogens is 2. The van der Waals surface area contributed by atoms with Crippen molar-refractivity contribution in [3.63, 3.8) is 0 Å².